The Morgan fingerprint density at radius 3 is 2.75 bits per heavy atom. The van der Waals surface area contributed by atoms with Crippen molar-refractivity contribution in [1.82, 2.24) is 10.2 Å². The van der Waals surface area contributed by atoms with Crippen LogP contribution in [-0.4, -0.2) is 48.0 Å². The van der Waals surface area contributed by atoms with Gasteiger partial charge < -0.3 is 16.0 Å². The Morgan fingerprint density at radius 1 is 1.50 bits per heavy atom. The number of primary amides is 1. The number of rotatable bonds is 5. The van der Waals surface area contributed by atoms with Crippen LogP contribution in [0.2, 0.25) is 0 Å². The van der Waals surface area contributed by atoms with Gasteiger partial charge in [-0.05, 0) is 12.8 Å². The quantitative estimate of drug-likeness (QED) is 0.674. The predicted octanol–water partition coefficient (Wildman–Crippen LogP) is -0.992. The van der Waals surface area contributed by atoms with Crippen molar-refractivity contribution in [3.05, 3.63) is 6.42 Å². The molecule has 0 aliphatic carbocycles. The summed E-state index contributed by atoms with van der Waals surface area (Å²) in [6, 6.07) is -0.656. The average molecular weight is 282 g/mol. The molecule has 111 valence electrons. The summed E-state index contributed by atoms with van der Waals surface area (Å²) in [5.41, 5.74) is 5.09. The van der Waals surface area contributed by atoms with E-state index in [0.717, 1.165) is 0 Å². The first-order valence-corrected chi connectivity index (χ1v) is 6.51. The lowest BCUT2D eigenvalue weighted by atomic mass is 10.0. The Morgan fingerprint density at radius 2 is 2.15 bits per heavy atom. The number of Topliss-reactive ketones (excluding diaryl/α,β-unsaturated/α-hetero) is 1. The number of carbonyl (C=O) groups is 4. The van der Waals surface area contributed by atoms with E-state index in [1.165, 1.54) is 11.3 Å². The number of hydrogen-bond acceptors (Lipinski definition) is 4. The highest BCUT2D eigenvalue weighted by atomic mass is 16.2. The molecule has 3 amide bonds. The van der Waals surface area contributed by atoms with Crippen LogP contribution in [0.1, 0.15) is 26.2 Å². The molecule has 0 spiro atoms. The monoisotopic (exact) mass is 282 g/mol. The number of likely N-dealkylation sites (tertiary alicyclic amines) is 1. The van der Waals surface area contributed by atoms with Crippen LogP contribution in [-0.2, 0) is 19.2 Å². The van der Waals surface area contributed by atoms with Crippen LogP contribution in [0.4, 0.5) is 0 Å². The van der Waals surface area contributed by atoms with Gasteiger partial charge in [-0.3, -0.25) is 19.2 Å². The Bertz CT molecular complexity index is 422. The number of nitrogens with zero attached hydrogens (tertiary/aromatic N) is 1. The van der Waals surface area contributed by atoms with Gasteiger partial charge in [0.1, 0.15) is 0 Å². The number of carbonyl (C=O) groups excluding carboxylic acids is 4. The molecule has 0 aromatic heterocycles. The lowest BCUT2D eigenvalue weighted by molar-refractivity contribution is -0.132. The van der Waals surface area contributed by atoms with Gasteiger partial charge in [-0.2, -0.15) is 0 Å². The van der Waals surface area contributed by atoms with E-state index in [2.05, 4.69) is 5.32 Å². The number of likely N-dealkylation sites (N-methyl/N-ethyl adjacent to an activating group) is 1. The normalized spacial score (nSPS) is 21.3. The minimum Gasteiger partial charge on any atom is -0.369 e. The number of nitrogens with one attached hydrogen (secondary N) is 1. The molecular weight excluding hydrogens is 262 g/mol. The highest BCUT2D eigenvalue weighted by molar-refractivity contribution is 5.96. The van der Waals surface area contributed by atoms with Gasteiger partial charge in [0.05, 0.1) is 19.0 Å². The van der Waals surface area contributed by atoms with Crippen LogP contribution in [0.15, 0.2) is 0 Å². The Labute approximate surface area is 117 Å². The molecule has 1 heterocycles. The first-order valence-electron chi connectivity index (χ1n) is 6.51. The van der Waals surface area contributed by atoms with Gasteiger partial charge in [-0.1, -0.05) is 6.92 Å². The molecule has 0 aromatic carbocycles. The second kappa shape index (κ2) is 7.02. The number of amides is 3. The molecule has 1 fully saturated rings. The van der Waals surface area contributed by atoms with E-state index in [1.807, 2.05) is 0 Å². The fraction of sp³-hybridized carbons (Fsp3) is 0.615. The second-order valence-electron chi connectivity index (χ2n) is 5.06. The molecular formula is C13H20N3O4. The summed E-state index contributed by atoms with van der Waals surface area (Å²) in [5, 5.41) is 2.57. The van der Waals surface area contributed by atoms with Gasteiger partial charge in [0, 0.05) is 19.4 Å². The van der Waals surface area contributed by atoms with Crippen LogP contribution < -0.4 is 11.1 Å². The summed E-state index contributed by atoms with van der Waals surface area (Å²) >= 11 is 0. The molecule has 1 radical (unpaired) electrons. The van der Waals surface area contributed by atoms with E-state index in [-0.39, 0.29) is 31.1 Å². The molecule has 2 atom stereocenters. The summed E-state index contributed by atoms with van der Waals surface area (Å²) < 4.78 is 0. The summed E-state index contributed by atoms with van der Waals surface area (Å²) in [6.07, 6.45) is 2.05. The number of nitrogens with two attached hydrogens (primary N) is 1. The van der Waals surface area contributed by atoms with Gasteiger partial charge in [0.2, 0.25) is 17.7 Å². The zero-order chi connectivity index (χ0) is 15.3. The summed E-state index contributed by atoms with van der Waals surface area (Å²) in [5.74, 6) is -1.64. The van der Waals surface area contributed by atoms with Gasteiger partial charge in [-0.25, -0.2) is 0 Å². The largest absolute Gasteiger partial charge is 0.369 e. The van der Waals surface area contributed by atoms with Crippen molar-refractivity contribution in [2.24, 2.45) is 11.7 Å². The first-order chi connectivity index (χ1) is 9.31. The standard InChI is InChI=1S/C13H20N3O4/c1-8(13(14)20)3-5-11(18)15-9-4-6-12(19)16(2)7-10(9)17/h5,8-9H,3-4,6-7H2,1-2H3,(H2,14,20)(H,15,18)/t8-,9-/m0/s1. The maximum atomic E-state index is 11.9. The molecule has 1 aliphatic heterocycles. The Kier molecular flexibility index (Phi) is 5.66. The predicted molar refractivity (Wildman–Crippen MR) is 71.1 cm³/mol. The lowest BCUT2D eigenvalue weighted by Crippen LogP contribution is -2.43. The highest BCUT2D eigenvalue weighted by Crippen LogP contribution is 2.09. The average Bonchev–Trinajstić information content (AvgIpc) is 2.49. The zero-order valence-electron chi connectivity index (χ0n) is 11.7. The summed E-state index contributed by atoms with van der Waals surface area (Å²) in [4.78, 5) is 47.2. The molecule has 0 unspecified atom stereocenters. The van der Waals surface area contributed by atoms with Crippen LogP contribution in [0.5, 0.6) is 0 Å². The maximum absolute atomic E-state index is 11.9. The van der Waals surface area contributed by atoms with Crippen molar-refractivity contribution in [3.8, 4) is 0 Å². The third-order valence-electron chi connectivity index (χ3n) is 3.31. The summed E-state index contributed by atoms with van der Waals surface area (Å²) in [6.45, 7) is 1.62. The van der Waals surface area contributed by atoms with E-state index < -0.39 is 23.8 Å². The van der Waals surface area contributed by atoms with E-state index in [9.17, 15) is 19.2 Å². The minimum atomic E-state index is -0.656. The van der Waals surface area contributed by atoms with Crippen molar-refractivity contribution in [2.45, 2.75) is 32.2 Å². The van der Waals surface area contributed by atoms with E-state index >= 15 is 0 Å². The summed E-state index contributed by atoms with van der Waals surface area (Å²) in [7, 11) is 1.56. The van der Waals surface area contributed by atoms with Crippen LogP contribution in [0.3, 0.4) is 0 Å². The van der Waals surface area contributed by atoms with E-state index in [1.54, 1.807) is 14.0 Å². The van der Waals surface area contributed by atoms with Gasteiger partial charge in [0.15, 0.2) is 5.78 Å². The fourth-order valence-electron chi connectivity index (χ4n) is 1.84. The van der Waals surface area contributed by atoms with Gasteiger partial charge >= 0.3 is 0 Å². The third kappa shape index (κ3) is 4.64. The van der Waals surface area contributed by atoms with Crippen LogP contribution in [0.25, 0.3) is 0 Å². The molecule has 3 N–H and O–H groups in total. The Hall–Kier alpha value is -1.92. The molecule has 0 bridgehead atoms. The van der Waals surface area contributed by atoms with E-state index in [0.29, 0.717) is 6.42 Å². The van der Waals surface area contributed by atoms with Crippen LogP contribution in [0, 0.1) is 12.3 Å². The fourth-order valence-corrected chi connectivity index (χ4v) is 1.84. The zero-order valence-corrected chi connectivity index (χ0v) is 11.7. The number of ketones is 1. The topological polar surface area (TPSA) is 110 Å². The molecule has 0 aromatic rings. The van der Waals surface area contributed by atoms with Gasteiger partial charge in [0.25, 0.3) is 0 Å². The van der Waals surface area contributed by atoms with Crippen molar-refractivity contribution < 1.29 is 19.2 Å². The first kappa shape index (κ1) is 16.1. The molecule has 7 heteroatoms. The van der Waals surface area contributed by atoms with E-state index in [4.69, 9.17) is 5.73 Å². The molecule has 0 saturated carbocycles. The number of hydrogen-bond donors (Lipinski definition) is 2. The highest BCUT2D eigenvalue weighted by Gasteiger charge is 2.28. The third-order valence-corrected chi connectivity index (χ3v) is 3.31. The van der Waals surface area contributed by atoms with Gasteiger partial charge in [-0.15, -0.1) is 0 Å². The van der Waals surface area contributed by atoms with Crippen molar-refractivity contribution in [3.63, 3.8) is 0 Å². The second-order valence-corrected chi connectivity index (χ2v) is 5.06. The smallest absolute Gasteiger partial charge is 0.224 e. The molecule has 20 heavy (non-hydrogen) atoms. The SMILES string of the molecule is C[C@@H](C[CH]C(=O)N[C@H]1CCC(=O)N(C)CC1=O)C(N)=O. The molecule has 7 nitrogen and oxygen atoms in total. The minimum absolute atomic E-state index is 0.00146. The Balaban J connectivity index is 2.46. The van der Waals surface area contributed by atoms with Crippen molar-refractivity contribution in [2.75, 3.05) is 13.6 Å². The molecule has 1 rings (SSSR count). The van der Waals surface area contributed by atoms with Crippen molar-refractivity contribution >= 4 is 23.5 Å². The van der Waals surface area contributed by atoms with Crippen LogP contribution >= 0.6 is 0 Å². The molecule has 1 aliphatic rings. The van der Waals surface area contributed by atoms with Crippen molar-refractivity contribution in [1.29, 1.82) is 0 Å². The lowest BCUT2D eigenvalue weighted by Gasteiger charge is -2.16. The maximum Gasteiger partial charge on any atom is 0.224 e. The molecule has 1 saturated heterocycles.